The lowest BCUT2D eigenvalue weighted by atomic mass is 10.1. The number of hydrogen-bond acceptors (Lipinski definition) is 6. The van der Waals surface area contributed by atoms with Gasteiger partial charge in [-0.2, -0.15) is 0 Å². The number of rotatable bonds is 6. The average molecular weight is 374 g/mol. The maximum atomic E-state index is 12.8. The number of carbonyl (C=O) groups is 2. The highest BCUT2D eigenvalue weighted by Crippen LogP contribution is 2.39. The van der Waals surface area contributed by atoms with Crippen molar-refractivity contribution in [2.24, 2.45) is 5.73 Å². The van der Waals surface area contributed by atoms with Crippen molar-refractivity contribution < 1.29 is 23.8 Å². The maximum Gasteiger partial charge on any atom is 0.255 e. The second kappa shape index (κ2) is 9.33. The van der Waals surface area contributed by atoms with Gasteiger partial charge in [0.1, 0.15) is 0 Å². The van der Waals surface area contributed by atoms with Gasteiger partial charge in [-0.3, -0.25) is 9.59 Å². The van der Waals surface area contributed by atoms with Crippen LogP contribution in [0.5, 0.6) is 17.2 Å². The first-order valence-corrected chi connectivity index (χ1v) is 7.66. The Bertz CT molecular complexity index is 601. The molecule has 1 fully saturated rings. The van der Waals surface area contributed by atoms with Crippen LogP contribution >= 0.6 is 12.4 Å². The lowest BCUT2D eigenvalue weighted by molar-refractivity contribution is -0.120. The van der Waals surface area contributed by atoms with Crippen LogP contribution in [-0.2, 0) is 4.79 Å². The van der Waals surface area contributed by atoms with E-state index in [1.54, 1.807) is 17.0 Å². The van der Waals surface area contributed by atoms with Gasteiger partial charge in [-0.1, -0.05) is 0 Å². The number of methoxy groups -OCH3 is 2. The smallest absolute Gasteiger partial charge is 0.255 e. The predicted molar refractivity (Wildman–Crippen MR) is 94.9 cm³/mol. The normalized spacial score (nSPS) is 16.6. The van der Waals surface area contributed by atoms with Gasteiger partial charge in [0.15, 0.2) is 18.1 Å². The Hall–Kier alpha value is -2.19. The molecule has 3 N–H and O–H groups in total. The molecule has 2 rings (SSSR count). The average Bonchev–Trinajstić information content (AvgIpc) is 2.58. The lowest BCUT2D eigenvalue weighted by Gasteiger charge is -2.34. The van der Waals surface area contributed by atoms with Crippen LogP contribution in [0.2, 0.25) is 0 Å². The van der Waals surface area contributed by atoms with Crippen LogP contribution in [0.4, 0.5) is 0 Å². The van der Waals surface area contributed by atoms with Gasteiger partial charge in [0.05, 0.1) is 14.2 Å². The molecule has 9 heteroatoms. The number of nitrogens with two attached hydrogens (primary N) is 1. The van der Waals surface area contributed by atoms with Crippen molar-refractivity contribution >= 4 is 24.2 Å². The topological polar surface area (TPSA) is 103 Å². The fraction of sp³-hybridized carbons (Fsp3) is 0.500. The molecule has 8 nitrogen and oxygen atoms in total. The van der Waals surface area contributed by atoms with Crippen LogP contribution in [-0.4, -0.2) is 63.2 Å². The van der Waals surface area contributed by atoms with E-state index in [1.807, 2.05) is 6.92 Å². The number of nitrogens with one attached hydrogen (secondary N) is 1. The van der Waals surface area contributed by atoms with Crippen LogP contribution in [0, 0.1) is 0 Å². The molecule has 1 aliphatic heterocycles. The Morgan fingerprint density at radius 1 is 1.28 bits per heavy atom. The maximum absolute atomic E-state index is 12.8. The van der Waals surface area contributed by atoms with E-state index >= 15 is 0 Å². The molecule has 1 atom stereocenters. The molecule has 1 heterocycles. The molecule has 0 radical (unpaired) electrons. The fourth-order valence-electron chi connectivity index (χ4n) is 2.60. The number of primary amides is 1. The highest BCUT2D eigenvalue weighted by Gasteiger charge is 2.26. The Morgan fingerprint density at radius 2 is 1.88 bits per heavy atom. The number of amides is 2. The van der Waals surface area contributed by atoms with E-state index in [0.29, 0.717) is 23.6 Å². The van der Waals surface area contributed by atoms with Crippen LogP contribution in [0.3, 0.4) is 0 Å². The highest BCUT2D eigenvalue weighted by atomic mass is 35.5. The molecule has 2 amide bonds. The van der Waals surface area contributed by atoms with Crippen molar-refractivity contribution in [2.75, 3.05) is 40.5 Å². The molecule has 0 bridgehead atoms. The molecule has 140 valence electrons. The van der Waals surface area contributed by atoms with E-state index in [2.05, 4.69) is 5.32 Å². The standard InChI is InChI=1S/C16H23N3O5.ClH/c1-10-8-18-4-5-19(10)16(21)11-6-12(22-2)15(13(7-11)23-3)24-9-14(17)20;/h6-7,10,18H,4-5,8-9H2,1-3H3,(H2,17,20);1H/t10-;/m1./s1. The summed E-state index contributed by atoms with van der Waals surface area (Å²) in [5.74, 6) is 0.128. The molecule has 1 aromatic rings. The molecule has 1 aliphatic rings. The van der Waals surface area contributed by atoms with Gasteiger partial charge >= 0.3 is 0 Å². The molecule has 0 spiro atoms. The number of hydrogen-bond donors (Lipinski definition) is 2. The number of halogens is 1. The van der Waals surface area contributed by atoms with E-state index in [9.17, 15) is 9.59 Å². The van der Waals surface area contributed by atoms with Crippen molar-refractivity contribution in [3.8, 4) is 17.2 Å². The molecule has 25 heavy (non-hydrogen) atoms. The van der Waals surface area contributed by atoms with Crippen molar-refractivity contribution in [3.05, 3.63) is 17.7 Å². The third kappa shape index (κ3) is 4.90. The van der Waals surface area contributed by atoms with Crippen LogP contribution in [0.25, 0.3) is 0 Å². The van der Waals surface area contributed by atoms with Crippen molar-refractivity contribution in [3.63, 3.8) is 0 Å². The zero-order valence-electron chi connectivity index (χ0n) is 14.5. The van der Waals surface area contributed by atoms with Gasteiger partial charge in [-0.15, -0.1) is 12.4 Å². The number of piperazine rings is 1. The van der Waals surface area contributed by atoms with Crippen molar-refractivity contribution in [1.82, 2.24) is 10.2 Å². The van der Waals surface area contributed by atoms with E-state index in [0.717, 1.165) is 13.1 Å². The quantitative estimate of drug-likeness (QED) is 0.749. The zero-order valence-corrected chi connectivity index (χ0v) is 15.4. The van der Waals surface area contributed by atoms with Gasteiger partial charge in [0.2, 0.25) is 5.75 Å². The summed E-state index contributed by atoms with van der Waals surface area (Å²) in [6.45, 7) is 3.81. The molecule has 1 saturated heterocycles. The summed E-state index contributed by atoms with van der Waals surface area (Å²) in [4.78, 5) is 25.5. The van der Waals surface area contributed by atoms with Crippen LogP contribution in [0.15, 0.2) is 12.1 Å². The summed E-state index contributed by atoms with van der Waals surface area (Å²) in [5, 5.41) is 3.25. The lowest BCUT2D eigenvalue weighted by Crippen LogP contribution is -2.52. The van der Waals surface area contributed by atoms with Gasteiger partial charge in [-0.25, -0.2) is 0 Å². The Labute approximate surface area is 153 Å². The van der Waals surface area contributed by atoms with E-state index in [1.165, 1.54) is 14.2 Å². The Morgan fingerprint density at radius 3 is 2.36 bits per heavy atom. The Kier molecular flexibility index (Phi) is 7.79. The molecule has 1 aromatic carbocycles. The van der Waals surface area contributed by atoms with E-state index in [4.69, 9.17) is 19.9 Å². The molecule has 0 aliphatic carbocycles. The molecule has 0 unspecified atom stereocenters. The van der Waals surface area contributed by atoms with E-state index in [-0.39, 0.29) is 36.7 Å². The third-order valence-corrected chi connectivity index (χ3v) is 3.83. The summed E-state index contributed by atoms with van der Waals surface area (Å²) in [7, 11) is 2.90. The van der Waals surface area contributed by atoms with Gasteiger partial charge in [0, 0.05) is 31.2 Å². The summed E-state index contributed by atoms with van der Waals surface area (Å²) in [6.07, 6.45) is 0. The fourth-order valence-corrected chi connectivity index (χ4v) is 2.60. The second-order valence-corrected chi connectivity index (χ2v) is 5.52. The zero-order chi connectivity index (χ0) is 17.7. The molecular formula is C16H24ClN3O5. The van der Waals surface area contributed by atoms with Gasteiger partial charge in [-0.05, 0) is 19.1 Å². The van der Waals surface area contributed by atoms with Crippen molar-refractivity contribution in [1.29, 1.82) is 0 Å². The minimum Gasteiger partial charge on any atom is -0.493 e. The number of ether oxygens (including phenoxy) is 3. The summed E-state index contributed by atoms with van der Waals surface area (Å²) in [5.41, 5.74) is 5.54. The molecular weight excluding hydrogens is 350 g/mol. The second-order valence-electron chi connectivity index (χ2n) is 5.52. The monoisotopic (exact) mass is 373 g/mol. The summed E-state index contributed by atoms with van der Waals surface area (Å²) < 4.78 is 15.9. The summed E-state index contributed by atoms with van der Waals surface area (Å²) in [6, 6.07) is 3.25. The minimum absolute atomic E-state index is 0. The van der Waals surface area contributed by atoms with Crippen molar-refractivity contribution in [2.45, 2.75) is 13.0 Å². The SMILES string of the molecule is COc1cc(C(=O)N2CCNC[C@H]2C)cc(OC)c1OCC(N)=O.Cl. The molecule has 0 aromatic heterocycles. The van der Waals surface area contributed by atoms with Crippen LogP contribution in [0.1, 0.15) is 17.3 Å². The highest BCUT2D eigenvalue weighted by molar-refractivity contribution is 5.96. The number of benzene rings is 1. The first-order valence-electron chi connectivity index (χ1n) is 7.66. The third-order valence-electron chi connectivity index (χ3n) is 3.83. The first kappa shape index (κ1) is 20.9. The Balaban J connectivity index is 0.00000312. The number of nitrogens with zero attached hydrogens (tertiary/aromatic N) is 1. The largest absolute Gasteiger partial charge is 0.493 e. The van der Waals surface area contributed by atoms with Gasteiger partial charge in [0.25, 0.3) is 11.8 Å². The minimum atomic E-state index is -0.617. The van der Waals surface area contributed by atoms with Gasteiger partial charge < -0.3 is 30.2 Å². The van der Waals surface area contributed by atoms with E-state index < -0.39 is 5.91 Å². The first-order chi connectivity index (χ1) is 11.5. The van der Waals surface area contributed by atoms with Crippen LogP contribution < -0.4 is 25.3 Å². The summed E-state index contributed by atoms with van der Waals surface area (Å²) >= 11 is 0. The molecule has 0 saturated carbocycles. The number of carbonyl (C=O) groups excluding carboxylic acids is 2. The predicted octanol–water partition coefficient (Wildman–Crippen LogP) is 0.424.